The fraction of sp³-hybridized carbons (Fsp3) is 0.581. The molecule has 10 nitrogen and oxygen atoms in total. The first-order valence-corrected chi connectivity index (χ1v) is 17.1. The summed E-state index contributed by atoms with van der Waals surface area (Å²) in [5, 5.41) is 10.2. The normalized spacial score (nSPS) is 19.3. The molecule has 1 aromatic carbocycles. The lowest BCUT2D eigenvalue weighted by Gasteiger charge is -2.37. The smallest absolute Gasteiger partial charge is 0.229 e. The number of halogens is 1. The van der Waals surface area contributed by atoms with Crippen molar-refractivity contribution in [3.8, 4) is 5.75 Å². The molecule has 2 N–H and O–H groups in total. The predicted octanol–water partition coefficient (Wildman–Crippen LogP) is 6.75. The van der Waals surface area contributed by atoms with E-state index in [0.29, 0.717) is 29.6 Å². The molecular formula is C31H44ClN7O3S. The van der Waals surface area contributed by atoms with E-state index in [4.69, 9.17) is 16.3 Å². The van der Waals surface area contributed by atoms with Gasteiger partial charge in [-0.2, -0.15) is 10.1 Å². The number of hydrogen-bond acceptors (Lipinski definition) is 9. The molecule has 0 aliphatic heterocycles. The maximum Gasteiger partial charge on any atom is 0.229 e. The van der Waals surface area contributed by atoms with Crippen LogP contribution in [0.2, 0.25) is 5.02 Å². The molecule has 2 saturated carbocycles. The number of anilines is 4. The lowest BCUT2D eigenvalue weighted by molar-refractivity contribution is 0.148. The van der Waals surface area contributed by atoms with Crippen LogP contribution in [0.15, 0.2) is 29.6 Å². The Morgan fingerprint density at radius 1 is 1.05 bits per heavy atom. The second-order valence-electron chi connectivity index (χ2n) is 12.5. The van der Waals surface area contributed by atoms with Crippen molar-refractivity contribution in [2.75, 3.05) is 17.7 Å². The average molecular weight is 630 g/mol. The summed E-state index contributed by atoms with van der Waals surface area (Å²) in [5.41, 5.74) is 3.65. The molecule has 43 heavy (non-hydrogen) atoms. The Balaban J connectivity index is 1.39. The predicted molar refractivity (Wildman–Crippen MR) is 172 cm³/mol. The third kappa shape index (κ3) is 7.10. The van der Waals surface area contributed by atoms with E-state index in [1.807, 2.05) is 0 Å². The Bertz CT molecular complexity index is 1560. The first-order chi connectivity index (χ1) is 20.3. The van der Waals surface area contributed by atoms with Crippen LogP contribution in [0.5, 0.6) is 5.75 Å². The van der Waals surface area contributed by atoms with Crippen molar-refractivity contribution in [3.05, 3.63) is 40.7 Å². The van der Waals surface area contributed by atoms with E-state index >= 15 is 0 Å². The summed E-state index contributed by atoms with van der Waals surface area (Å²) in [7, 11) is 0.276. The van der Waals surface area contributed by atoms with Crippen molar-refractivity contribution >= 4 is 44.6 Å². The van der Waals surface area contributed by atoms with E-state index in [-0.39, 0.29) is 22.0 Å². The van der Waals surface area contributed by atoms with Gasteiger partial charge in [-0.15, -0.1) is 0 Å². The summed E-state index contributed by atoms with van der Waals surface area (Å²) in [6.07, 6.45) is 10.1. The number of benzene rings is 1. The monoisotopic (exact) mass is 629 g/mol. The number of sulfone groups is 1. The third-order valence-corrected chi connectivity index (χ3v) is 11.0. The summed E-state index contributed by atoms with van der Waals surface area (Å²) < 4.78 is 33.7. The van der Waals surface area contributed by atoms with E-state index in [1.54, 1.807) is 27.1 Å². The maximum atomic E-state index is 12.9. The van der Waals surface area contributed by atoms with Gasteiger partial charge in [0.2, 0.25) is 20.8 Å². The van der Waals surface area contributed by atoms with Gasteiger partial charge in [0, 0.05) is 25.3 Å². The minimum atomic E-state index is -3.63. The zero-order valence-electron chi connectivity index (χ0n) is 26.2. The second-order valence-corrected chi connectivity index (χ2v) is 15.4. The zero-order chi connectivity index (χ0) is 31.1. The highest BCUT2D eigenvalue weighted by Gasteiger charge is 2.30. The van der Waals surface area contributed by atoms with Crippen LogP contribution in [0.4, 0.5) is 23.1 Å². The molecule has 0 bridgehead atoms. The number of rotatable bonds is 11. The molecular weight excluding hydrogens is 586 g/mol. The van der Waals surface area contributed by atoms with Gasteiger partial charge in [0.15, 0.2) is 5.82 Å². The topological polar surface area (TPSA) is 114 Å². The highest BCUT2D eigenvalue weighted by atomic mass is 35.5. The molecule has 0 radical (unpaired) electrons. The number of aryl methyl sites for hydroxylation is 2. The zero-order valence-corrected chi connectivity index (χ0v) is 27.8. The molecule has 2 aliphatic carbocycles. The highest BCUT2D eigenvalue weighted by Crippen LogP contribution is 2.42. The van der Waals surface area contributed by atoms with Gasteiger partial charge in [0.25, 0.3) is 0 Å². The Morgan fingerprint density at radius 2 is 1.74 bits per heavy atom. The molecule has 2 heterocycles. The Kier molecular flexibility index (Phi) is 9.25. The first-order valence-electron chi connectivity index (χ1n) is 15.2. The van der Waals surface area contributed by atoms with Crippen LogP contribution in [-0.2, 0) is 16.9 Å². The van der Waals surface area contributed by atoms with Gasteiger partial charge in [0.1, 0.15) is 10.8 Å². The standard InChI is InChI=1S/C31H44ClN7O3S/c1-18(2)39(7)22-10-8-21(9-11-22)24-15-28(42-23-12-13-23)26(14-20(24)5)35-31-33-16-25(32)29(36-31)34-27-17-38(6)37-30(27)43(40,41)19(3)4/h14-19,21-23H,8-13H2,1-7H3,(H2,33,34,35,36)/t21-,22-. The van der Waals surface area contributed by atoms with Crippen molar-refractivity contribution < 1.29 is 13.2 Å². The van der Waals surface area contributed by atoms with E-state index in [2.05, 4.69) is 70.6 Å². The molecule has 0 saturated heterocycles. The summed E-state index contributed by atoms with van der Waals surface area (Å²) in [5.74, 6) is 1.89. The average Bonchev–Trinajstić information content (AvgIpc) is 3.70. The van der Waals surface area contributed by atoms with Crippen LogP contribution in [0.25, 0.3) is 0 Å². The number of aromatic nitrogens is 4. The number of nitrogens with zero attached hydrogens (tertiary/aromatic N) is 5. The van der Waals surface area contributed by atoms with Gasteiger partial charge in [0.05, 0.1) is 28.9 Å². The fourth-order valence-corrected chi connectivity index (χ4v) is 6.91. The Hall–Kier alpha value is -2.89. The van der Waals surface area contributed by atoms with Crippen molar-refractivity contribution in [1.29, 1.82) is 0 Å². The minimum absolute atomic E-state index is 0.0506. The van der Waals surface area contributed by atoms with Crippen LogP contribution in [0, 0.1) is 6.92 Å². The van der Waals surface area contributed by atoms with Crippen LogP contribution < -0.4 is 15.4 Å². The van der Waals surface area contributed by atoms with Crippen molar-refractivity contribution in [2.45, 2.75) is 108 Å². The number of ether oxygens (including phenoxy) is 1. The minimum Gasteiger partial charge on any atom is -0.488 e. The van der Waals surface area contributed by atoms with Crippen molar-refractivity contribution in [2.24, 2.45) is 7.05 Å². The largest absolute Gasteiger partial charge is 0.488 e. The molecule has 0 unspecified atom stereocenters. The Labute approximate surface area is 260 Å². The molecule has 0 atom stereocenters. The summed E-state index contributed by atoms with van der Waals surface area (Å²) in [6.45, 7) is 9.93. The summed E-state index contributed by atoms with van der Waals surface area (Å²) >= 11 is 6.45. The van der Waals surface area contributed by atoms with E-state index in [9.17, 15) is 8.42 Å². The van der Waals surface area contributed by atoms with Gasteiger partial charge in [-0.1, -0.05) is 11.6 Å². The molecule has 0 amide bonds. The van der Waals surface area contributed by atoms with Crippen molar-refractivity contribution in [1.82, 2.24) is 24.6 Å². The van der Waals surface area contributed by atoms with Gasteiger partial charge in [-0.3, -0.25) is 4.68 Å². The van der Waals surface area contributed by atoms with Crippen LogP contribution in [-0.4, -0.2) is 63.6 Å². The molecule has 3 aromatic rings. The quantitative estimate of drug-likeness (QED) is 0.238. The van der Waals surface area contributed by atoms with Crippen molar-refractivity contribution in [3.63, 3.8) is 0 Å². The third-order valence-electron chi connectivity index (χ3n) is 8.64. The van der Waals surface area contributed by atoms with Gasteiger partial charge in [-0.05, 0) is 109 Å². The fourth-order valence-electron chi connectivity index (χ4n) is 5.67. The Morgan fingerprint density at radius 3 is 2.37 bits per heavy atom. The highest BCUT2D eigenvalue weighted by molar-refractivity contribution is 7.92. The summed E-state index contributed by atoms with van der Waals surface area (Å²) in [6, 6.07) is 5.52. The van der Waals surface area contributed by atoms with Gasteiger partial charge in [-0.25, -0.2) is 13.4 Å². The molecule has 234 valence electrons. The molecule has 0 spiro atoms. The molecule has 2 aliphatic rings. The number of nitrogens with one attached hydrogen (secondary N) is 2. The molecule has 2 fully saturated rings. The second kappa shape index (κ2) is 12.6. The lowest BCUT2D eigenvalue weighted by atomic mass is 9.79. The maximum absolute atomic E-state index is 12.9. The van der Waals surface area contributed by atoms with Gasteiger partial charge < -0.3 is 20.3 Å². The molecule has 5 rings (SSSR count). The molecule has 2 aromatic heterocycles. The van der Waals surface area contributed by atoms with Gasteiger partial charge >= 0.3 is 0 Å². The van der Waals surface area contributed by atoms with E-state index in [0.717, 1.165) is 37.1 Å². The van der Waals surface area contributed by atoms with Crippen LogP contribution >= 0.6 is 11.6 Å². The first kappa shape index (κ1) is 31.5. The van der Waals surface area contributed by atoms with E-state index < -0.39 is 15.1 Å². The summed E-state index contributed by atoms with van der Waals surface area (Å²) in [4.78, 5) is 11.5. The van der Waals surface area contributed by atoms with Crippen LogP contribution in [0.3, 0.4) is 0 Å². The van der Waals surface area contributed by atoms with Crippen LogP contribution in [0.1, 0.15) is 83.3 Å². The SMILES string of the molecule is Cc1cc(Nc2ncc(Cl)c(Nc3cn(C)nc3S(=O)(=O)C(C)C)n2)c(OC2CC2)cc1[C@H]1CC[C@H](N(C)C(C)C)CC1. The van der Waals surface area contributed by atoms with E-state index in [1.165, 1.54) is 34.8 Å². The lowest BCUT2D eigenvalue weighted by Crippen LogP contribution is -2.39. The molecule has 12 heteroatoms. The number of hydrogen-bond donors (Lipinski definition) is 2.